The average Bonchev–Trinajstić information content (AvgIpc) is 2.70. The largest absolute Gasteiger partial charge is 0.393 e. The average molecular weight is 259 g/mol. The first-order chi connectivity index (χ1) is 9.20. The van der Waals surface area contributed by atoms with Crippen LogP contribution in [0.3, 0.4) is 0 Å². The van der Waals surface area contributed by atoms with Gasteiger partial charge in [0.2, 0.25) is 0 Å². The zero-order valence-electron chi connectivity index (χ0n) is 11.4. The molecule has 2 heterocycles. The number of aliphatic hydroxyl groups is 1. The fourth-order valence-corrected chi connectivity index (χ4v) is 3.67. The van der Waals surface area contributed by atoms with E-state index < -0.39 is 0 Å². The Morgan fingerprint density at radius 3 is 2.53 bits per heavy atom. The molecule has 2 bridgehead atoms. The van der Waals surface area contributed by atoms with Crippen LogP contribution in [0, 0.1) is 0 Å². The lowest BCUT2D eigenvalue weighted by atomic mass is 9.96. The Hall–Kier alpha value is -1.35. The van der Waals surface area contributed by atoms with Crippen LogP contribution in [0.1, 0.15) is 49.4 Å². The molecule has 2 fully saturated rings. The number of hydrogen-bond donors (Lipinski definition) is 1. The summed E-state index contributed by atoms with van der Waals surface area (Å²) in [6.45, 7) is 1.91. The van der Waals surface area contributed by atoms with Crippen LogP contribution in [0.25, 0.3) is 0 Å². The Bertz CT molecular complexity index is 471. The molecule has 1 N–H and O–H groups in total. The molecule has 0 aliphatic carbocycles. The molecule has 1 aromatic rings. The van der Waals surface area contributed by atoms with Crippen molar-refractivity contribution in [2.24, 2.45) is 0 Å². The van der Waals surface area contributed by atoms with Crippen molar-refractivity contribution in [2.75, 3.05) is 4.90 Å². The third kappa shape index (κ3) is 2.16. The van der Waals surface area contributed by atoms with Crippen LogP contribution >= 0.6 is 0 Å². The lowest BCUT2D eigenvalue weighted by Gasteiger charge is -2.39. The predicted molar refractivity (Wildman–Crippen MR) is 75.6 cm³/mol. The van der Waals surface area contributed by atoms with E-state index in [2.05, 4.69) is 11.0 Å². The lowest BCUT2D eigenvalue weighted by Crippen LogP contribution is -2.45. The molecule has 102 valence electrons. The first kappa shape index (κ1) is 12.7. The van der Waals surface area contributed by atoms with Crippen LogP contribution in [0.5, 0.6) is 0 Å². The molecule has 3 rings (SSSR count). The van der Waals surface area contributed by atoms with Crippen LogP contribution in [0.15, 0.2) is 24.3 Å². The maximum atomic E-state index is 12.1. The lowest BCUT2D eigenvalue weighted by molar-refractivity contribution is 0.0988. The molecular weight excluding hydrogens is 238 g/mol. The molecule has 3 heteroatoms. The zero-order chi connectivity index (χ0) is 13.4. The number of carbonyl (C=O) groups excluding carboxylic acids is 1. The van der Waals surface area contributed by atoms with Gasteiger partial charge in [-0.25, -0.2) is 0 Å². The second-order valence-corrected chi connectivity index (χ2v) is 5.71. The Morgan fingerprint density at radius 1 is 1.26 bits per heavy atom. The fraction of sp³-hybridized carbons (Fsp3) is 0.562. The van der Waals surface area contributed by atoms with Gasteiger partial charge in [-0.2, -0.15) is 0 Å². The SMILES string of the molecule is CCC(=O)c1ccccc1N1C2CCC1CC(O)C2. The van der Waals surface area contributed by atoms with Crippen molar-refractivity contribution >= 4 is 11.5 Å². The molecule has 0 radical (unpaired) electrons. The van der Waals surface area contributed by atoms with Crippen molar-refractivity contribution in [1.29, 1.82) is 0 Å². The molecule has 1 aromatic carbocycles. The van der Waals surface area contributed by atoms with Gasteiger partial charge < -0.3 is 10.0 Å². The topological polar surface area (TPSA) is 40.5 Å². The molecular formula is C16H21NO2. The van der Waals surface area contributed by atoms with Crippen molar-refractivity contribution in [3.05, 3.63) is 29.8 Å². The minimum Gasteiger partial charge on any atom is -0.393 e. The van der Waals surface area contributed by atoms with Gasteiger partial charge in [-0.3, -0.25) is 4.79 Å². The van der Waals surface area contributed by atoms with Gasteiger partial charge in [0, 0.05) is 29.8 Å². The highest BCUT2D eigenvalue weighted by molar-refractivity contribution is 6.01. The van der Waals surface area contributed by atoms with E-state index in [4.69, 9.17) is 0 Å². The molecule has 0 amide bonds. The smallest absolute Gasteiger partial charge is 0.164 e. The molecule has 0 spiro atoms. The number of hydrogen-bond acceptors (Lipinski definition) is 3. The Labute approximate surface area is 114 Å². The monoisotopic (exact) mass is 259 g/mol. The number of aliphatic hydroxyl groups excluding tert-OH is 1. The summed E-state index contributed by atoms with van der Waals surface area (Å²) in [7, 11) is 0. The maximum absolute atomic E-state index is 12.1. The third-order valence-corrected chi connectivity index (χ3v) is 4.51. The van der Waals surface area contributed by atoms with Gasteiger partial charge in [0.15, 0.2) is 5.78 Å². The summed E-state index contributed by atoms with van der Waals surface area (Å²) >= 11 is 0. The van der Waals surface area contributed by atoms with E-state index in [1.807, 2.05) is 25.1 Å². The highest BCUT2D eigenvalue weighted by Gasteiger charge is 2.41. The second kappa shape index (κ2) is 4.97. The van der Waals surface area contributed by atoms with Gasteiger partial charge in [0.1, 0.15) is 0 Å². The number of benzene rings is 1. The molecule has 3 nitrogen and oxygen atoms in total. The normalized spacial score (nSPS) is 29.6. The summed E-state index contributed by atoms with van der Waals surface area (Å²) in [6.07, 6.45) is 4.33. The number of Topliss-reactive ketones (excluding diaryl/α,β-unsaturated/α-hetero) is 1. The van der Waals surface area contributed by atoms with Crippen molar-refractivity contribution in [1.82, 2.24) is 0 Å². The summed E-state index contributed by atoms with van der Waals surface area (Å²) in [5.74, 6) is 0.209. The van der Waals surface area contributed by atoms with Crippen molar-refractivity contribution in [3.8, 4) is 0 Å². The number of nitrogens with zero attached hydrogens (tertiary/aromatic N) is 1. The number of carbonyl (C=O) groups is 1. The number of para-hydroxylation sites is 1. The quantitative estimate of drug-likeness (QED) is 0.849. The van der Waals surface area contributed by atoms with Crippen molar-refractivity contribution in [3.63, 3.8) is 0 Å². The molecule has 2 aliphatic rings. The maximum Gasteiger partial charge on any atom is 0.164 e. The van der Waals surface area contributed by atoms with E-state index in [9.17, 15) is 9.90 Å². The van der Waals surface area contributed by atoms with Gasteiger partial charge in [-0.15, -0.1) is 0 Å². The first-order valence-electron chi connectivity index (χ1n) is 7.29. The first-order valence-corrected chi connectivity index (χ1v) is 7.29. The summed E-state index contributed by atoms with van der Waals surface area (Å²) in [4.78, 5) is 14.5. The number of fused-ring (bicyclic) bond motifs is 2. The van der Waals surface area contributed by atoms with Crippen LogP contribution in [-0.4, -0.2) is 29.1 Å². The molecule has 0 aromatic heterocycles. The van der Waals surface area contributed by atoms with Gasteiger partial charge in [0.05, 0.1) is 6.10 Å². The van der Waals surface area contributed by atoms with E-state index >= 15 is 0 Å². The Kier molecular flexibility index (Phi) is 3.31. The number of ketones is 1. The van der Waals surface area contributed by atoms with Crippen molar-refractivity contribution < 1.29 is 9.90 Å². The Balaban J connectivity index is 1.97. The number of anilines is 1. The van der Waals surface area contributed by atoms with Crippen LogP contribution in [0.2, 0.25) is 0 Å². The second-order valence-electron chi connectivity index (χ2n) is 5.71. The molecule has 2 unspecified atom stereocenters. The van der Waals surface area contributed by atoms with Crippen LogP contribution < -0.4 is 4.90 Å². The minimum absolute atomic E-state index is 0.164. The summed E-state index contributed by atoms with van der Waals surface area (Å²) in [5.41, 5.74) is 1.92. The van der Waals surface area contributed by atoms with Crippen LogP contribution in [0.4, 0.5) is 5.69 Å². The molecule has 19 heavy (non-hydrogen) atoms. The molecule has 2 saturated heterocycles. The van der Waals surface area contributed by atoms with Gasteiger partial charge >= 0.3 is 0 Å². The highest BCUT2D eigenvalue weighted by atomic mass is 16.3. The molecule has 2 aliphatic heterocycles. The Morgan fingerprint density at radius 2 is 1.89 bits per heavy atom. The summed E-state index contributed by atoms with van der Waals surface area (Å²) in [5, 5.41) is 9.89. The fourth-order valence-electron chi connectivity index (χ4n) is 3.67. The molecule has 2 atom stereocenters. The van der Waals surface area contributed by atoms with Crippen LogP contribution in [-0.2, 0) is 0 Å². The van der Waals surface area contributed by atoms with E-state index in [-0.39, 0.29) is 11.9 Å². The zero-order valence-corrected chi connectivity index (χ0v) is 11.4. The number of rotatable bonds is 3. The number of piperidine rings is 1. The van der Waals surface area contributed by atoms with E-state index in [1.165, 1.54) is 0 Å². The molecule has 0 saturated carbocycles. The van der Waals surface area contributed by atoms with E-state index in [0.29, 0.717) is 18.5 Å². The summed E-state index contributed by atoms with van der Waals surface area (Å²) < 4.78 is 0. The summed E-state index contributed by atoms with van der Waals surface area (Å²) in [6, 6.07) is 8.75. The van der Waals surface area contributed by atoms with E-state index in [0.717, 1.165) is 36.9 Å². The van der Waals surface area contributed by atoms with E-state index in [1.54, 1.807) is 0 Å². The van der Waals surface area contributed by atoms with Gasteiger partial charge in [0.25, 0.3) is 0 Å². The highest BCUT2D eigenvalue weighted by Crippen LogP contribution is 2.40. The van der Waals surface area contributed by atoms with Gasteiger partial charge in [-0.05, 0) is 37.8 Å². The predicted octanol–water partition coefficient (Wildman–Crippen LogP) is 2.77. The minimum atomic E-state index is -0.164. The van der Waals surface area contributed by atoms with Gasteiger partial charge in [-0.1, -0.05) is 19.1 Å². The standard InChI is InChI=1S/C16H21NO2/c1-2-16(19)14-5-3-4-6-15(14)17-11-7-8-12(17)10-13(18)9-11/h3-6,11-13,18H,2,7-10H2,1H3. The third-order valence-electron chi connectivity index (χ3n) is 4.51. The van der Waals surface area contributed by atoms with Crippen molar-refractivity contribution in [2.45, 2.75) is 57.2 Å².